The Hall–Kier alpha value is -4.72. The summed E-state index contributed by atoms with van der Waals surface area (Å²) in [6, 6.07) is 9.72. The van der Waals surface area contributed by atoms with Crippen LogP contribution in [0.15, 0.2) is 47.3 Å². The fourth-order valence-electron chi connectivity index (χ4n) is 4.30. The van der Waals surface area contributed by atoms with E-state index in [9.17, 15) is 18.4 Å². The molecular formula is C25H20F2N6O3. The Morgan fingerprint density at radius 1 is 1.19 bits per heavy atom. The van der Waals surface area contributed by atoms with Crippen molar-refractivity contribution >= 4 is 22.6 Å². The molecule has 1 saturated heterocycles. The van der Waals surface area contributed by atoms with Crippen LogP contribution in [0.5, 0.6) is 11.5 Å². The van der Waals surface area contributed by atoms with Gasteiger partial charge in [-0.25, -0.2) is 18.6 Å². The monoisotopic (exact) mass is 490 g/mol. The molecule has 1 aliphatic rings. The molecule has 9 nitrogen and oxygen atoms in total. The number of anilines is 1. The van der Waals surface area contributed by atoms with Gasteiger partial charge in [-0.3, -0.25) is 9.59 Å². The van der Waals surface area contributed by atoms with Crippen molar-refractivity contribution in [3.05, 3.63) is 70.1 Å². The first-order valence-electron chi connectivity index (χ1n) is 11.1. The number of aromatic amines is 1. The minimum atomic E-state index is -0.825. The maximum atomic E-state index is 13.9. The van der Waals surface area contributed by atoms with Crippen molar-refractivity contribution < 1.29 is 18.3 Å². The van der Waals surface area contributed by atoms with Crippen molar-refractivity contribution in [3.63, 3.8) is 0 Å². The first-order chi connectivity index (χ1) is 17.4. The van der Waals surface area contributed by atoms with Crippen LogP contribution in [0, 0.1) is 23.5 Å². The predicted molar refractivity (Wildman–Crippen MR) is 128 cm³/mol. The third kappa shape index (κ3) is 4.02. The van der Waals surface area contributed by atoms with Crippen molar-refractivity contribution in [1.82, 2.24) is 24.9 Å². The molecule has 0 spiro atoms. The highest BCUT2D eigenvalue weighted by Gasteiger charge is 2.32. The number of hydrogen-bond acceptors (Lipinski definition) is 6. The fraction of sp³-hybridized carbons (Fsp3) is 0.200. The fourth-order valence-corrected chi connectivity index (χ4v) is 4.30. The molecule has 0 aliphatic carbocycles. The lowest BCUT2D eigenvalue weighted by molar-refractivity contribution is -0.124. The highest BCUT2D eigenvalue weighted by Crippen LogP contribution is 2.34. The van der Waals surface area contributed by atoms with Crippen molar-refractivity contribution in [2.75, 3.05) is 18.8 Å². The van der Waals surface area contributed by atoms with Gasteiger partial charge in [0.2, 0.25) is 0 Å². The quantitative estimate of drug-likeness (QED) is 0.425. The van der Waals surface area contributed by atoms with E-state index in [1.54, 1.807) is 24.0 Å². The summed E-state index contributed by atoms with van der Waals surface area (Å²) in [6.45, 7) is 2.45. The minimum Gasteiger partial charge on any atom is -0.451 e. The van der Waals surface area contributed by atoms with Crippen LogP contribution in [0.4, 0.5) is 14.6 Å². The number of halogens is 2. The van der Waals surface area contributed by atoms with Crippen molar-refractivity contribution in [1.29, 1.82) is 0 Å². The number of nitrogens with two attached hydrogens (primary N) is 1. The standard InChI is InChI=1S/C25H20F2N6O3/c1-2-4-19(34)32-12-11-14(13-32)21-20-22(24(28)29-30-25(20)35)33(31-21)15-7-9-16(10-8-15)36-23-17(26)5-3-6-18(23)27/h3,5-10,14H,11-13H2,1H3,(H2,28,29)(H,30,35)/t14-/m0/s1. The number of nitrogen functional groups attached to an aromatic ring is 1. The van der Waals surface area contributed by atoms with Crippen molar-refractivity contribution in [2.24, 2.45) is 0 Å². The van der Waals surface area contributed by atoms with Crippen LogP contribution in [0.3, 0.4) is 0 Å². The predicted octanol–water partition coefficient (Wildman–Crippen LogP) is 3.10. The highest BCUT2D eigenvalue weighted by molar-refractivity contribution is 5.94. The molecular weight excluding hydrogens is 470 g/mol. The van der Waals surface area contributed by atoms with E-state index in [1.807, 2.05) is 0 Å². The zero-order chi connectivity index (χ0) is 25.4. The van der Waals surface area contributed by atoms with Gasteiger partial charge in [-0.05, 0) is 55.7 Å². The number of nitrogens with zero attached hydrogens (tertiary/aromatic N) is 4. The van der Waals surface area contributed by atoms with Crippen LogP contribution in [0.2, 0.25) is 0 Å². The molecule has 3 heterocycles. The Kier molecular flexibility index (Phi) is 5.85. The van der Waals surface area contributed by atoms with Gasteiger partial charge in [0.05, 0.1) is 16.8 Å². The number of para-hydroxylation sites is 1. The Labute approximate surface area is 203 Å². The van der Waals surface area contributed by atoms with Crippen molar-refractivity contribution in [3.8, 4) is 29.0 Å². The van der Waals surface area contributed by atoms with Crippen LogP contribution in [-0.2, 0) is 4.79 Å². The van der Waals surface area contributed by atoms with Crippen LogP contribution < -0.4 is 16.0 Å². The molecule has 4 aromatic rings. The van der Waals surface area contributed by atoms with E-state index in [-0.39, 0.29) is 28.8 Å². The molecule has 5 rings (SSSR count). The molecule has 1 amide bonds. The summed E-state index contributed by atoms with van der Waals surface area (Å²) in [5.74, 6) is 2.77. The first-order valence-corrected chi connectivity index (χ1v) is 11.1. The summed E-state index contributed by atoms with van der Waals surface area (Å²) in [5, 5.41) is 11.3. The second-order valence-electron chi connectivity index (χ2n) is 8.22. The second kappa shape index (κ2) is 9.14. The zero-order valence-corrected chi connectivity index (χ0v) is 19.1. The second-order valence-corrected chi connectivity index (χ2v) is 8.22. The number of carbonyl (C=O) groups excluding carboxylic acids is 1. The zero-order valence-electron chi connectivity index (χ0n) is 19.1. The molecule has 11 heteroatoms. The smallest absolute Gasteiger partial charge is 0.298 e. The van der Waals surface area contributed by atoms with Gasteiger partial charge in [0.25, 0.3) is 11.5 Å². The molecule has 3 N–H and O–H groups in total. The molecule has 0 unspecified atom stereocenters. The van der Waals surface area contributed by atoms with Gasteiger partial charge in [-0.15, -0.1) is 0 Å². The molecule has 0 bridgehead atoms. The summed E-state index contributed by atoms with van der Waals surface area (Å²) in [5.41, 5.74) is 7.01. The number of benzene rings is 2. The normalized spacial score (nSPS) is 15.1. The topological polar surface area (TPSA) is 119 Å². The summed E-state index contributed by atoms with van der Waals surface area (Å²) in [4.78, 5) is 26.6. The maximum Gasteiger partial charge on any atom is 0.298 e. The number of carbonyl (C=O) groups is 1. The lowest BCUT2D eigenvalue weighted by Gasteiger charge is -2.12. The number of fused-ring (bicyclic) bond motifs is 1. The number of amides is 1. The van der Waals surface area contributed by atoms with Gasteiger partial charge in [0.1, 0.15) is 11.3 Å². The number of nitrogens with one attached hydrogen (secondary N) is 1. The molecule has 1 aliphatic heterocycles. The van der Waals surface area contributed by atoms with E-state index in [2.05, 4.69) is 27.1 Å². The van der Waals surface area contributed by atoms with E-state index in [0.29, 0.717) is 36.4 Å². The van der Waals surface area contributed by atoms with Crippen LogP contribution in [0.1, 0.15) is 25.0 Å². The van der Waals surface area contributed by atoms with Gasteiger partial charge in [0, 0.05) is 19.0 Å². The van der Waals surface area contributed by atoms with E-state index in [0.717, 1.165) is 12.1 Å². The number of H-pyrrole nitrogens is 1. The molecule has 0 radical (unpaired) electrons. The summed E-state index contributed by atoms with van der Waals surface area (Å²) >= 11 is 0. The molecule has 2 aromatic carbocycles. The van der Waals surface area contributed by atoms with Crippen molar-refractivity contribution in [2.45, 2.75) is 19.3 Å². The first kappa shape index (κ1) is 23.0. The Bertz CT molecular complexity index is 1580. The average Bonchev–Trinajstić information content (AvgIpc) is 3.51. The third-order valence-corrected chi connectivity index (χ3v) is 5.97. The van der Waals surface area contributed by atoms with Crippen LogP contribution in [0.25, 0.3) is 16.6 Å². The van der Waals surface area contributed by atoms with Crippen LogP contribution >= 0.6 is 0 Å². The molecule has 182 valence electrons. The Balaban J connectivity index is 1.52. The van der Waals surface area contributed by atoms with Gasteiger partial charge in [-0.2, -0.15) is 10.2 Å². The Morgan fingerprint density at radius 2 is 1.92 bits per heavy atom. The number of aromatic nitrogens is 4. The highest BCUT2D eigenvalue weighted by atomic mass is 19.1. The molecule has 2 aromatic heterocycles. The van der Waals surface area contributed by atoms with Gasteiger partial charge in [0.15, 0.2) is 23.2 Å². The van der Waals surface area contributed by atoms with E-state index < -0.39 is 22.9 Å². The molecule has 1 fully saturated rings. The number of ether oxygens (including phenoxy) is 1. The largest absolute Gasteiger partial charge is 0.451 e. The number of likely N-dealkylation sites (tertiary alicyclic amines) is 1. The third-order valence-electron chi connectivity index (χ3n) is 5.97. The Morgan fingerprint density at radius 3 is 2.61 bits per heavy atom. The van der Waals surface area contributed by atoms with E-state index in [1.165, 1.54) is 22.9 Å². The summed E-state index contributed by atoms with van der Waals surface area (Å²) in [7, 11) is 0. The molecule has 0 saturated carbocycles. The van der Waals surface area contributed by atoms with E-state index >= 15 is 0 Å². The van der Waals surface area contributed by atoms with Crippen LogP contribution in [-0.4, -0.2) is 43.9 Å². The lowest BCUT2D eigenvalue weighted by Crippen LogP contribution is -2.27. The SMILES string of the molecule is CC#CC(=O)N1CC[C@H](c2nn(-c3ccc(Oc4c(F)cccc4F)cc3)c3c(N)n[nH]c(=O)c23)C1. The number of hydrogen-bond donors (Lipinski definition) is 2. The molecule has 1 atom stereocenters. The van der Waals surface area contributed by atoms with E-state index in [4.69, 9.17) is 10.5 Å². The van der Waals surface area contributed by atoms with Gasteiger partial charge < -0.3 is 15.4 Å². The lowest BCUT2D eigenvalue weighted by atomic mass is 10.0. The van der Waals surface area contributed by atoms with Gasteiger partial charge in [-0.1, -0.05) is 12.0 Å². The minimum absolute atomic E-state index is 0.0693. The summed E-state index contributed by atoms with van der Waals surface area (Å²) in [6.07, 6.45) is 0.603. The van der Waals surface area contributed by atoms with Gasteiger partial charge >= 0.3 is 0 Å². The number of rotatable bonds is 4. The summed E-state index contributed by atoms with van der Waals surface area (Å²) < 4.78 is 34.8. The average molecular weight is 490 g/mol. The maximum absolute atomic E-state index is 13.9. The molecule has 36 heavy (non-hydrogen) atoms.